The molecule has 6 heteroatoms. The zero-order valence-electron chi connectivity index (χ0n) is 16.3. The molecule has 0 radical (unpaired) electrons. The van der Waals surface area contributed by atoms with Gasteiger partial charge in [-0.15, -0.1) is 11.8 Å². The van der Waals surface area contributed by atoms with Crippen LogP contribution in [-0.4, -0.2) is 55.7 Å². The first-order valence-corrected chi connectivity index (χ1v) is 12.2. The highest BCUT2D eigenvalue weighted by atomic mass is 32.2. The van der Waals surface area contributed by atoms with E-state index in [0.29, 0.717) is 0 Å². The molecule has 0 aliphatic carbocycles. The van der Waals surface area contributed by atoms with Crippen molar-refractivity contribution < 1.29 is 9.05 Å². The average Bonchev–Trinajstić information content (AvgIpc) is 2.67. The third-order valence-electron chi connectivity index (χ3n) is 4.68. The van der Waals surface area contributed by atoms with E-state index in [0.717, 1.165) is 44.0 Å². The van der Waals surface area contributed by atoms with Crippen LogP contribution >= 0.6 is 20.1 Å². The fraction of sp³-hybridized carbons (Fsp3) is 0.700. The molecular formula is C20H35N2O2PS. The van der Waals surface area contributed by atoms with Crippen molar-refractivity contribution in [2.45, 2.75) is 44.0 Å². The summed E-state index contributed by atoms with van der Waals surface area (Å²) in [5.41, 5.74) is 6.32. The Labute approximate surface area is 165 Å². The topological polar surface area (TPSA) is 47.7 Å². The van der Waals surface area contributed by atoms with Gasteiger partial charge in [-0.2, -0.15) is 0 Å². The molecule has 2 rings (SSSR count). The monoisotopic (exact) mass is 398 g/mol. The van der Waals surface area contributed by atoms with Crippen molar-refractivity contribution in [2.24, 2.45) is 11.7 Å². The van der Waals surface area contributed by atoms with Gasteiger partial charge in [-0.3, -0.25) is 0 Å². The van der Waals surface area contributed by atoms with E-state index in [9.17, 15) is 0 Å². The van der Waals surface area contributed by atoms with Crippen LogP contribution in [0.4, 0.5) is 0 Å². The molecule has 1 aliphatic rings. The van der Waals surface area contributed by atoms with E-state index < -0.39 is 8.38 Å². The fourth-order valence-electron chi connectivity index (χ4n) is 3.19. The second-order valence-electron chi connectivity index (χ2n) is 6.81. The van der Waals surface area contributed by atoms with Crippen molar-refractivity contribution in [3.05, 3.63) is 30.3 Å². The molecular weight excluding hydrogens is 363 g/mol. The maximum absolute atomic E-state index is 6.32. The Morgan fingerprint density at radius 3 is 2.42 bits per heavy atom. The van der Waals surface area contributed by atoms with Gasteiger partial charge < -0.3 is 19.7 Å². The van der Waals surface area contributed by atoms with E-state index in [1.165, 1.54) is 30.8 Å². The van der Waals surface area contributed by atoms with Crippen molar-refractivity contribution >= 4 is 20.1 Å². The van der Waals surface area contributed by atoms with Gasteiger partial charge in [-0.25, -0.2) is 0 Å². The van der Waals surface area contributed by atoms with Crippen molar-refractivity contribution in [2.75, 3.05) is 44.8 Å². The maximum atomic E-state index is 6.32. The summed E-state index contributed by atoms with van der Waals surface area (Å²) in [5, 5.41) is 0. The van der Waals surface area contributed by atoms with Crippen LogP contribution in [0.2, 0.25) is 0 Å². The molecule has 0 aromatic heterocycles. The summed E-state index contributed by atoms with van der Waals surface area (Å²) in [6, 6.07) is 10.8. The summed E-state index contributed by atoms with van der Waals surface area (Å²) in [4.78, 5) is 3.89. The quantitative estimate of drug-likeness (QED) is 0.412. The van der Waals surface area contributed by atoms with E-state index in [-0.39, 0.29) is 6.04 Å². The smallest absolute Gasteiger partial charge is 0.170 e. The molecule has 4 nitrogen and oxygen atoms in total. The SMILES string of the molecule is CCOP(CC1CCN(CCC(N)CSc2ccccc2)CC1)OCC. The summed E-state index contributed by atoms with van der Waals surface area (Å²) in [6.07, 6.45) is 4.69. The van der Waals surface area contributed by atoms with Crippen molar-refractivity contribution in [3.63, 3.8) is 0 Å². The summed E-state index contributed by atoms with van der Waals surface area (Å²) < 4.78 is 11.5. The number of hydrogen-bond acceptors (Lipinski definition) is 5. The molecule has 1 aliphatic heterocycles. The highest BCUT2D eigenvalue weighted by molar-refractivity contribution is 7.99. The first-order chi connectivity index (χ1) is 12.7. The van der Waals surface area contributed by atoms with Gasteiger partial charge >= 0.3 is 0 Å². The first-order valence-electron chi connectivity index (χ1n) is 9.90. The largest absolute Gasteiger partial charge is 0.334 e. The van der Waals surface area contributed by atoms with Crippen LogP contribution < -0.4 is 5.73 Å². The molecule has 0 spiro atoms. The van der Waals surface area contributed by atoms with Crippen LogP contribution in [0.25, 0.3) is 0 Å². The third-order valence-corrected chi connectivity index (χ3v) is 7.79. The van der Waals surface area contributed by atoms with Crippen LogP contribution in [0, 0.1) is 5.92 Å². The van der Waals surface area contributed by atoms with Gasteiger partial charge in [-0.1, -0.05) is 18.2 Å². The number of thioether (sulfide) groups is 1. The Hall–Kier alpha value is -0.160. The number of nitrogens with two attached hydrogens (primary N) is 1. The van der Waals surface area contributed by atoms with E-state index in [1.807, 2.05) is 11.8 Å². The molecule has 1 atom stereocenters. The number of rotatable bonds is 12. The van der Waals surface area contributed by atoms with Crippen LogP contribution in [0.15, 0.2) is 35.2 Å². The van der Waals surface area contributed by atoms with Gasteiger partial charge in [0.15, 0.2) is 8.38 Å². The Bertz CT molecular complexity index is 466. The predicted molar refractivity (Wildman–Crippen MR) is 114 cm³/mol. The standard InChI is InChI=1S/C20H35N2O2PS/c1-3-23-25(24-4-2)16-18-10-13-22(14-11-18)15-12-19(21)17-26-20-8-6-5-7-9-20/h5-9,18-19H,3-4,10-17,21H2,1-2H3. The van der Waals surface area contributed by atoms with E-state index >= 15 is 0 Å². The Balaban J connectivity index is 1.59. The lowest BCUT2D eigenvalue weighted by Crippen LogP contribution is -2.38. The molecule has 1 aromatic rings. The molecule has 2 N–H and O–H groups in total. The number of likely N-dealkylation sites (tertiary alicyclic amines) is 1. The third kappa shape index (κ3) is 8.69. The van der Waals surface area contributed by atoms with Crippen LogP contribution in [0.1, 0.15) is 33.1 Å². The molecule has 1 saturated heterocycles. The van der Waals surface area contributed by atoms with Gasteiger partial charge in [0.25, 0.3) is 0 Å². The molecule has 1 aromatic carbocycles. The summed E-state index contributed by atoms with van der Waals surface area (Å²) >= 11 is 1.86. The number of hydrogen-bond donors (Lipinski definition) is 1. The average molecular weight is 399 g/mol. The number of piperidine rings is 1. The maximum Gasteiger partial charge on any atom is 0.170 e. The lowest BCUT2D eigenvalue weighted by atomic mass is 9.99. The second kappa shape index (κ2) is 13.1. The highest BCUT2D eigenvalue weighted by Gasteiger charge is 2.23. The van der Waals surface area contributed by atoms with E-state index in [1.54, 1.807) is 0 Å². The zero-order valence-corrected chi connectivity index (χ0v) is 18.0. The van der Waals surface area contributed by atoms with Gasteiger partial charge in [0.1, 0.15) is 0 Å². The molecule has 1 heterocycles. The van der Waals surface area contributed by atoms with Crippen molar-refractivity contribution in [1.82, 2.24) is 4.90 Å². The van der Waals surface area contributed by atoms with Crippen LogP contribution in [-0.2, 0) is 9.05 Å². The Kier molecular flexibility index (Phi) is 11.1. The van der Waals surface area contributed by atoms with E-state index in [2.05, 4.69) is 49.1 Å². The minimum absolute atomic E-state index is 0.265. The minimum atomic E-state index is -0.685. The summed E-state index contributed by atoms with van der Waals surface area (Å²) in [7, 11) is -0.685. The molecule has 148 valence electrons. The van der Waals surface area contributed by atoms with Crippen molar-refractivity contribution in [3.8, 4) is 0 Å². The van der Waals surface area contributed by atoms with Crippen LogP contribution in [0.5, 0.6) is 0 Å². The lowest BCUT2D eigenvalue weighted by Gasteiger charge is -2.33. The second-order valence-corrected chi connectivity index (χ2v) is 9.45. The lowest BCUT2D eigenvalue weighted by molar-refractivity contribution is 0.184. The van der Waals surface area contributed by atoms with Gasteiger partial charge in [-0.05, 0) is 70.8 Å². The van der Waals surface area contributed by atoms with Gasteiger partial charge in [0.05, 0.1) is 13.2 Å². The number of benzene rings is 1. The van der Waals surface area contributed by atoms with Crippen LogP contribution in [0.3, 0.4) is 0 Å². The van der Waals surface area contributed by atoms with E-state index in [4.69, 9.17) is 14.8 Å². The fourth-order valence-corrected chi connectivity index (χ4v) is 5.76. The highest BCUT2D eigenvalue weighted by Crippen LogP contribution is 2.42. The molecule has 1 fully saturated rings. The molecule has 1 unspecified atom stereocenters. The van der Waals surface area contributed by atoms with Crippen molar-refractivity contribution in [1.29, 1.82) is 0 Å². The normalized spacial score (nSPS) is 17.7. The van der Waals surface area contributed by atoms with Gasteiger partial charge in [0, 0.05) is 22.9 Å². The summed E-state index contributed by atoms with van der Waals surface area (Å²) in [5.74, 6) is 1.74. The minimum Gasteiger partial charge on any atom is -0.334 e. The molecule has 0 saturated carbocycles. The Morgan fingerprint density at radius 2 is 1.81 bits per heavy atom. The Morgan fingerprint density at radius 1 is 1.15 bits per heavy atom. The van der Waals surface area contributed by atoms with Gasteiger partial charge in [0.2, 0.25) is 0 Å². The summed E-state index contributed by atoms with van der Waals surface area (Å²) in [6.45, 7) is 9.10. The zero-order chi connectivity index (χ0) is 18.6. The first kappa shape index (κ1) is 22.1. The molecule has 0 amide bonds. The predicted octanol–water partition coefficient (Wildman–Crippen LogP) is 4.59. The molecule has 0 bridgehead atoms. The molecule has 26 heavy (non-hydrogen) atoms. The number of nitrogens with zero attached hydrogens (tertiary/aromatic N) is 1.